The first-order chi connectivity index (χ1) is 9.35. The summed E-state index contributed by atoms with van der Waals surface area (Å²) in [6.45, 7) is 5.28. The van der Waals surface area contributed by atoms with Crippen LogP contribution in [-0.4, -0.2) is 32.6 Å². The Labute approximate surface area is 118 Å². The Balaban J connectivity index is 2.11. The summed E-state index contributed by atoms with van der Waals surface area (Å²) in [7, 11) is 0. The molecule has 0 fully saturated rings. The van der Waals surface area contributed by atoms with Gasteiger partial charge >= 0.3 is 0 Å². The summed E-state index contributed by atoms with van der Waals surface area (Å²) in [6, 6.07) is 7.26. The molecular formula is C15H19N3O2. The number of amides is 1. The molecule has 1 atom stereocenters. The van der Waals surface area contributed by atoms with Crippen molar-refractivity contribution < 1.29 is 9.90 Å². The molecule has 1 amide bonds. The van der Waals surface area contributed by atoms with Crippen LogP contribution in [0.15, 0.2) is 30.5 Å². The van der Waals surface area contributed by atoms with Crippen LogP contribution >= 0.6 is 0 Å². The molecule has 5 heteroatoms. The van der Waals surface area contributed by atoms with Crippen LogP contribution in [0.1, 0.15) is 37.7 Å². The second kappa shape index (κ2) is 5.54. The lowest BCUT2D eigenvalue weighted by atomic mass is 10.0. The van der Waals surface area contributed by atoms with Crippen LogP contribution in [0.25, 0.3) is 11.0 Å². The van der Waals surface area contributed by atoms with Crippen molar-refractivity contribution in [3.05, 3.63) is 36.2 Å². The maximum Gasteiger partial charge on any atom is 0.271 e. The van der Waals surface area contributed by atoms with E-state index >= 15 is 0 Å². The van der Waals surface area contributed by atoms with Gasteiger partial charge in [-0.05, 0) is 39.3 Å². The Morgan fingerprint density at radius 1 is 1.35 bits per heavy atom. The topological polar surface area (TPSA) is 75.1 Å². The van der Waals surface area contributed by atoms with Gasteiger partial charge in [-0.2, -0.15) is 0 Å². The number of carbonyl (C=O) groups excluding carboxylic acids is 1. The molecule has 0 saturated heterocycles. The predicted molar refractivity (Wildman–Crippen MR) is 77.4 cm³/mol. The smallest absolute Gasteiger partial charge is 0.271 e. The molecule has 0 aliphatic rings. The Hall–Kier alpha value is -2.01. The van der Waals surface area contributed by atoms with Gasteiger partial charge in [0.05, 0.1) is 22.8 Å². The number of nitrogens with one attached hydrogen (secondary N) is 1. The van der Waals surface area contributed by atoms with E-state index in [1.807, 2.05) is 31.2 Å². The fourth-order valence-electron chi connectivity index (χ4n) is 2.16. The van der Waals surface area contributed by atoms with Crippen molar-refractivity contribution in [3.63, 3.8) is 0 Å². The lowest BCUT2D eigenvalue weighted by molar-refractivity contribution is 0.0592. The van der Waals surface area contributed by atoms with E-state index in [0.717, 1.165) is 5.52 Å². The second-order valence-corrected chi connectivity index (χ2v) is 5.64. The number of rotatable bonds is 4. The SMILES string of the molecule is CC(CC(C)(C)O)NC(=O)c1cnc2ccccc2n1. The van der Waals surface area contributed by atoms with Crippen molar-refractivity contribution in [1.29, 1.82) is 0 Å². The van der Waals surface area contributed by atoms with E-state index in [0.29, 0.717) is 11.9 Å². The molecule has 0 radical (unpaired) electrons. The molecule has 1 aromatic carbocycles. The van der Waals surface area contributed by atoms with E-state index < -0.39 is 5.60 Å². The Bertz CT molecular complexity index is 620. The van der Waals surface area contributed by atoms with Gasteiger partial charge in [0.15, 0.2) is 0 Å². The van der Waals surface area contributed by atoms with E-state index in [1.165, 1.54) is 6.20 Å². The van der Waals surface area contributed by atoms with Crippen LogP contribution < -0.4 is 5.32 Å². The third-order valence-corrected chi connectivity index (χ3v) is 2.86. The van der Waals surface area contributed by atoms with Crippen LogP contribution in [0.3, 0.4) is 0 Å². The number of hydrogen-bond donors (Lipinski definition) is 2. The van der Waals surface area contributed by atoms with Crippen LogP contribution in [0, 0.1) is 0 Å². The summed E-state index contributed by atoms with van der Waals surface area (Å²) in [6.07, 6.45) is 1.94. The lowest BCUT2D eigenvalue weighted by Gasteiger charge is -2.22. The molecule has 1 heterocycles. The third-order valence-electron chi connectivity index (χ3n) is 2.86. The van der Waals surface area contributed by atoms with Crippen molar-refractivity contribution in [2.45, 2.75) is 38.8 Å². The van der Waals surface area contributed by atoms with Crippen molar-refractivity contribution in [1.82, 2.24) is 15.3 Å². The van der Waals surface area contributed by atoms with Gasteiger partial charge in [-0.3, -0.25) is 9.78 Å². The molecule has 106 valence electrons. The van der Waals surface area contributed by atoms with Crippen LogP contribution in [0.2, 0.25) is 0 Å². The van der Waals surface area contributed by atoms with Gasteiger partial charge in [-0.25, -0.2) is 4.98 Å². The average Bonchev–Trinajstić information content (AvgIpc) is 2.35. The largest absolute Gasteiger partial charge is 0.390 e. The zero-order valence-corrected chi connectivity index (χ0v) is 11.9. The molecule has 20 heavy (non-hydrogen) atoms. The highest BCUT2D eigenvalue weighted by molar-refractivity contribution is 5.93. The fraction of sp³-hybridized carbons (Fsp3) is 0.400. The first kappa shape index (κ1) is 14.4. The minimum absolute atomic E-state index is 0.143. The van der Waals surface area contributed by atoms with Crippen LogP contribution in [0.4, 0.5) is 0 Å². The summed E-state index contributed by atoms with van der Waals surface area (Å²) in [5.41, 5.74) is 0.914. The Kier molecular flexibility index (Phi) is 3.99. The lowest BCUT2D eigenvalue weighted by Crippen LogP contribution is -2.38. The Morgan fingerprint density at radius 2 is 2.00 bits per heavy atom. The van der Waals surface area contributed by atoms with Gasteiger partial charge in [0, 0.05) is 6.04 Å². The van der Waals surface area contributed by atoms with Crippen LogP contribution in [-0.2, 0) is 0 Å². The number of carbonyl (C=O) groups is 1. The zero-order chi connectivity index (χ0) is 14.8. The first-order valence-electron chi connectivity index (χ1n) is 6.60. The summed E-state index contributed by atoms with van der Waals surface area (Å²) in [5.74, 6) is -0.278. The molecule has 2 N–H and O–H groups in total. The van der Waals surface area contributed by atoms with Gasteiger partial charge in [0.2, 0.25) is 0 Å². The molecule has 0 aliphatic carbocycles. The van der Waals surface area contributed by atoms with Crippen LogP contribution in [0.5, 0.6) is 0 Å². The monoisotopic (exact) mass is 273 g/mol. The summed E-state index contributed by atoms with van der Waals surface area (Å²) >= 11 is 0. The number of hydrogen-bond acceptors (Lipinski definition) is 4. The molecule has 2 aromatic rings. The van der Waals surface area contributed by atoms with Crippen molar-refractivity contribution in [2.75, 3.05) is 0 Å². The molecule has 5 nitrogen and oxygen atoms in total. The van der Waals surface area contributed by atoms with Gasteiger partial charge < -0.3 is 10.4 Å². The molecule has 2 rings (SSSR count). The van der Waals surface area contributed by atoms with E-state index in [9.17, 15) is 9.90 Å². The van der Waals surface area contributed by atoms with E-state index in [1.54, 1.807) is 13.8 Å². The summed E-state index contributed by atoms with van der Waals surface area (Å²) in [5, 5.41) is 12.5. The highest BCUT2D eigenvalue weighted by atomic mass is 16.3. The van der Waals surface area contributed by atoms with Gasteiger partial charge in [0.1, 0.15) is 5.69 Å². The maximum absolute atomic E-state index is 12.1. The van der Waals surface area contributed by atoms with Crippen molar-refractivity contribution in [3.8, 4) is 0 Å². The minimum Gasteiger partial charge on any atom is -0.390 e. The third kappa shape index (κ3) is 3.74. The number of para-hydroxylation sites is 2. The molecule has 0 aliphatic heterocycles. The molecule has 1 aromatic heterocycles. The van der Waals surface area contributed by atoms with E-state index in [-0.39, 0.29) is 17.6 Å². The van der Waals surface area contributed by atoms with Crippen molar-refractivity contribution in [2.24, 2.45) is 0 Å². The maximum atomic E-state index is 12.1. The first-order valence-corrected chi connectivity index (χ1v) is 6.60. The summed E-state index contributed by atoms with van der Waals surface area (Å²) < 4.78 is 0. The quantitative estimate of drug-likeness (QED) is 0.892. The number of nitrogens with zero attached hydrogens (tertiary/aromatic N) is 2. The van der Waals surface area contributed by atoms with E-state index in [2.05, 4.69) is 15.3 Å². The number of benzene rings is 1. The van der Waals surface area contributed by atoms with Gasteiger partial charge in [-0.1, -0.05) is 12.1 Å². The minimum atomic E-state index is -0.818. The van der Waals surface area contributed by atoms with E-state index in [4.69, 9.17) is 0 Å². The zero-order valence-electron chi connectivity index (χ0n) is 11.9. The molecular weight excluding hydrogens is 254 g/mol. The second-order valence-electron chi connectivity index (χ2n) is 5.64. The standard InChI is InChI=1S/C15H19N3O2/c1-10(8-15(2,3)20)17-14(19)13-9-16-11-6-4-5-7-12(11)18-13/h4-7,9-10,20H,8H2,1-3H3,(H,17,19). The number of aromatic nitrogens is 2. The van der Waals surface area contributed by atoms with Gasteiger partial charge in [0.25, 0.3) is 5.91 Å². The van der Waals surface area contributed by atoms with Crippen molar-refractivity contribution >= 4 is 16.9 Å². The molecule has 0 bridgehead atoms. The normalized spacial score (nSPS) is 13.2. The molecule has 0 saturated carbocycles. The number of aliphatic hydroxyl groups is 1. The summed E-state index contributed by atoms with van der Waals surface area (Å²) in [4.78, 5) is 20.6. The predicted octanol–water partition coefficient (Wildman–Crippen LogP) is 1.91. The highest BCUT2D eigenvalue weighted by Crippen LogP contribution is 2.12. The highest BCUT2D eigenvalue weighted by Gasteiger charge is 2.19. The molecule has 1 unspecified atom stereocenters. The Morgan fingerprint density at radius 3 is 2.65 bits per heavy atom. The average molecular weight is 273 g/mol. The fourth-order valence-corrected chi connectivity index (χ4v) is 2.16. The van der Waals surface area contributed by atoms with Gasteiger partial charge in [-0.15, -0.1) is 0 Å². The molecule has 0 spiro atoms. The number of fused-ring (bicyclic) bond motifs is 1.